The van der Waals surface area contributed by atoms with E-state index in [2.05, 4.69) is 16.9 Å². The van der Waals surface area contributed by atoms with E-state index in [0.717, 1.165) is 18.4 Å². The Kier molecular flexibility index (Phi) is 7.60. The SMILES string of the molecule is CCCc1cn(C)c2c(=O)nc(-c3cc(S(=O)(=O)N4CCN(CCO)CC4)ccc3OCC)[nH]c12. The van der Waals surface area contributed by atoms with Crippen LogP contribution in [0.5, 0.6) is 5.75 Å². The molecule has 11 heteroatoms. The number of fused-ring (bicyclic) bond motifs is 1. The van der Waals surface area contributed by atoms with Gasteiger partial charge in [-0.15, -0.1) is 0 Å². The molecule has 10 nitrogen and oxygen atoms in total. The number of H-pyrrole nitrogens is 1. The van der Waals surface area contributed by atoms with Crippen LogP contribution in [0.4, 0.5) is 0 Å². The van der Waals surface area contributed by atoms with Gasteiger partial charge in [-0.1, -0.05) is 13.3 Å². The van der Waals surface area contributed by atoms with Gasteiger partial charge in [-0.25, -0.2) is 8.42 Å². The summed E-state index contributed by atoms with van der Waals surface area (Å²) in [6.45, 7) is 6.68. The van der Waals surface area contributed by atoms with Crippen molar-refractivity contribution in [1.82, 2.24) is 23.7 Å². The van der Waals surface area contributed by atoms with Crippen molar-refractivity contribution in [2.24, 2.45) is 7.05 Å². The Morgan fingerprint density at radius 1 is 1.17 bits per heavy atom. The molecule has 0 radical (unpaired) electrons. The Hall–Kier alpha value is -2.73. The molecule has 4 rings (SSSR count). The van der Waals surface area contributed by atoms with Crippen molar-refractivity contribution < 1.29 is 18.3 Å². The summed E-state index contributed by atoms with van der Waals surface area (Å²) in [6, 6.07) is 4.69. The van der Waals surface area contributed by atoms with Crippen molar-refractivity contribution in [3.8, 4) is 17.1 Å². The fourth-order valence-electron chi connectivity index (χ4n) is 4.60. The van der Waals surface area contributed by atoms with Gasteiger partial charge in [0.2, 0.25) is 10.0 Å². The Morgan fingerprint density at radius 2 is 1.91 bits per heavy atom. The standard InChI is InChI=1S/C24H33N5O5S/c1-4-6-17-16-27(3)22-21(17)25-23(26-24(22)31)19-15-18(7-8-20(19)34-5-2)35(32,33)29-11-9-28(10-12-29)13-14-30/h7-8,15-16,30H,4-6,9-14H2,1-3H3,(H,25,26,31). The van der Waals surface area contributed by atoms with E-state index in [9.17, 15) is 13.2 Å². The van der Waals surface area contributed by atoms with Gasteiger partial charge in [0.05, 0.1) is 29.2 Å². The first-order valence-corrected chi connectivity index (χ1v) is 13.4. The lowest BCUT2D eigenvalue weighted by atomic mass is 10.1. The Balaban J connectivity index is 1.78. The van der Waals surface area contributed by atoms with E-state index in [1.54, 1.807) is 10.6 Å². The largest absolute Gasteiger partial charge is 0.493 e. The number of nitrogens with one attached hydrogen (secondary N) is 1. The Bertz CT molecular complexity index is 1360. The highest BCUT2D eigenvalue weighted by atomic mass is 32.2. The van der Waals surface area contributed by atoms with E-state index in [0.29, 0.717) is 61.7 Å². The van der Waals surface area contributed by atoms with Crippen molar-refractivity contribution in [2.45, 2.75) is 31.6 Å². The lowest BCUT2D eigenvalue weighted by molar-refractivity contribution is 0.151. The fourth-order valence-corrected chi connectivity index (χ4v) is 6.04. The topological polar surface area (TPSA) is 121 Å². The summed E-state index contributed by atoms with van der Waals surface area (Å²) in [6.07, 6.45) is 3.65. The average Bonchev–Trinajstić information content (AvgIpc) is 3.15. The zero-order valence-corrected chi connectivity index (χ0v) is 21.3. The summed E-state index contributed by atoms with van der Waals surface area (Å²) in [5, 5.41) is 9.15. The predicted molar refractivity (Wildman–Crippen MR) is 134 cm³/mol. The number of benzene rings is 1. The molecule has 35 heavy (non-hydrogen) atoms. The summed E-state index contributed by atoms with van der Waals surface area (Å²) in [5.74, 6) is 0.731. The highest BCUT2D eigenvalue weighted by molar-refractivity contribution is 7.89. The van der Waals surface area contributed by atoms with Crippen LogP contribution in [0.3, 0.4) is 0 Å². The molecule has 2 aromatic heterocycles. The number of aromatic nitrogens is 3. The molecule has 1 aliphatic rings. The molecule has 0 aliphatic carbocycles. The molecule has 3 heterocycles. The predicted octanol–water partition coefficient (Wildman–Crippen LogP) is 1.58. The van der Waals surface area contributed by atoms with Crippen LogP contribution in [0.1, 0.15) is 25.8 Å². The van der Waals surface area contributed by atoms with Crippen LogP contribution in [0.25, 0.3) is 22.4 Å². The molecule has 0 unspecified atom stereocenters. The summed E-state index contributed by atoms with van der Waals surface area (Å²) < 4.78 is 35.9. The van der Waals surface area contributed by atoms with Gasteiger partial charge in [-0.05, 0) is 37.1 Å². The van der Waals surface area contributed by atoms with Crippen molar-refractivity contribution in [1.29, 1.82) is 0 Å². The highest BCUT2D eigenvalue weighted by Crippen LogP contribution is 2.32. The minimum atomic E-state index is -3.76. The van der Waals surface area contributed by atoms with Crippen LogP contribution >= 0.6 is 0 Å². The summed E-state index contributed by atoms with van der Waals surface area (Å²) in [5.41, 5.74) is 2.25. The van der Waals surface area contributed by atoms with Gasteiger partial charge >= 0.3 is 0 Å². The monoisotopic (exact) mass is 503 g/mol. The second-order valence-electron chi connectivity index (χ2n) is 8.69. The number of β-amino-alcohol motifs (C(OH)–C–C–N with tert-alkyl or cyclic N) is 1. The minimum Gasteiger partial charge on any atom is -0.493 e. The van der Waals surface area contributed by atoms with Crippen molar-refractivity contribution >= 4 is 21.1 Å². The first-order chi connectivity index (χ1) is 16.8. The number of aromatic amines is 1. The van der Waals surface area contributed by atoms with Gasteiger partial charge in [0.25, 0.3) is 5.56 Å². The zero-order chi connectivity index (χ0) is 25.2. The Morgan fingerprint density at radius 3 is 2.57 bits per heavy atom. The van der Waals surface area contributed by atoms with Crippen molar-refractivity contribution in [3.63, 3.8) is 0 Å². The number of aryl methyl sites for hydroxylation is 2. The third-order valence-corrected chi connectivity index (χ3v) is 8.22. The lowest BCUT2D eigenvalue weighted by Gasteiger charge is -2.33. The highest BCUT2D eigenvalue weighted by Gasteiger charge is 2.29. The van der Waals surface area contributed by atoms with Gasteiger partial charge in [-0.2, -0.15) is 9.29 Å². The van der Waals surface area contributed by atoms with Crippen LogP contribution in [0, 0.1) is 0 Å². The molecule has 1 aliphatic heterocycles. The number of hydrogen-bond acceptors (Lipinski definition) is 7. The maximum Gasteiger partial charge on any atom is 0.297 e. The lowest BCUT2D eigenvalue weighted by Crippen LogP contribution is -2.49. The molecule has 0 bridgehead atoms. The van der Waals surface area contributed by atoms with E-state index in [1.807, 2.05) is 25.1 Å². The van der Waals surface area contributed by atoms with E-state index < -0.39 is 10.0 Å². The average molecular weight is 504 g/mol. The summed E-state index contributed by atoms with van der Waals surface area (Å²) in [7, 11) is -1.95. The third-order valence-electron chi connectivity index (χ3n) is 6.33. The van der Waals surface area contributed by atoms with Crippen LogP contribution in [0.2, 0.25) is 0 Å². The molecule has 1 fully saturated rings. The summed E-state index contributed by atoms with van der Waals surface area (Å²) >= 11 is 0. The van der Waals surface area contributed by atoms with E-state index >= 15 is 0 Å². The van der Waals surface area contributed by atoms with Crippen LogP contribution in [-0.4, -0.2) is 83.2 Å². The van der Waals surface area contributed by atoms with Crippen LogP contribution in [0.15, 0.2) is 34.1 Å². The molecular weight excluding hydrogens is 470 g/mol. The second-order valence-corrected chi connectivity index (χ2v) is 10.6. The third kappa shape index (κ3) is 4.99. The number of aliphatic hydroxyl groups is 1. The normalized spacial score (nSPS) is 15.7. The van der Waals surface area contributed by atoms with E-state index in [-0.39, 0.29) is 22.9 Å². The smallest absolute Gasteiger partial charge is 0.297 e. The first-order valence-electron chi connectivity index (χ1n) is 12.0. The number of aliphatic hydroxyl groups excluding tert-OH is 1. The van der Waals surface area contributed by atoms with Gasteiger partial charge in [-0.3, -0.25) is 9.69 Å². The Labute approximate surface area is 205 Å². The number of ether oxygens (including phenoxy) is 1. The minimum absolute atomic E-state index is 0.0476. The van der Waals surface area contributed by atoms with Gasteiger partial charge in [0.1, 0.15) is 17.1 Å². The molecule has 2 N–H and O–H groups in total. The number of nitrogens with zero attached hydrogens (tertiary/aromatic N) is 4. The van der Waals surface area contributed by atoms with Crippen LogP contribution in [-0.2, 0) is 23.5 Å². The molecule has 1 aromatic carbocycles. The van der Waals surface area contributed by atoms with Crippen molar-refractivity contribution in [3.05, 3.63) is 40.3 Å². The first kappa shape index (κ1) is 25.4. The van der Waals surface area contributed by atoms with Gasteiger partial charge in [0, 0.05) is 46.0 Å². The number of hydrogen-bond donors (Lipinski definition) is 2. The number of piperazine rings is 1. The quantitative estimate of drug-likeness (QED) is 0.455. The van der Waals surface area contributed by atoms with Crippen LogP contribution < -0.4 is 10.3 Å². The molecular formula is C24H33N5O5S. The maximum absolute atomic E-state index is 13.4. The van der Waals surface area contributed by atoms with E-state index in [4.69, 9.17) is 9.84 Å². The molecule has 3 aromatic rings. The molecule has 0 saturated carbocycles. The molecule has 190 valence electrons. The maximum atomic E-state index is 13.4. The summed E-state index contributed by atoms with van der Waals surface area (Å²) in [4.78, 5) is 22.7. The van der Waals surface area contributed by atoms with Gasteiger partial charge < -0.3 is 19.4 Å². The van der Waals surface area contributed by atoms with Gasteiger partial charge in [0.15, 0.2) is 0 Å². The second kappa shape index (κ2) is 10.5. The number of rotatable bonds is 9. The zero-order valence-electron chi connectivity index (χ0n) is 20.5. The van der Waals surface area contributed by atoms with E-state index in [1.165, 1.54) is 16.4 Å². The number of sulfonamides is 1. The molecule has 0 atom stereocenters. The van der Waals surface area contributed by atoms with Crippen molar-refractivity contribution in [2.75, 3.05) is 45.9 Å². The fraction of sp³-hybridized carbons (Fsp3) is 0.500. The molecule has 0 amide bonds. The molecule has 1 saturated heterocycles. The molecule has 0 spiro atoms.